The van der Waals surface area contributed by atoms with Crippen molar-refractivity contribution >= 4 is 28.7 Å². The van der Waals surface area contributed by atoms with Gasteiger partial charge in [-0.3, -0.25) is 0 Å². The molecule has 2 aromatic carbocycles. The van der Waals surface area contributed by atoms with Gasteiger partial charge in [0.25, 0.3) is 0 Å². The molecule has 0 aromatic heterocycles. The first kappa shape index (κ1) is 18.3. The van der Waals surface area contributed by atoms with Gasteiger partial charge in [-0.15, -0.1) is 0 Å². The molecule has 7 nitrogen and oxygen atoms in total. The molecule has 0 fully saturated rings. The summed E-state index contributed by atoms with van der Waals surface area (Å²) in [7, 11) is 0. The topological polar surface area (TPSA) is 140 Å². The van der Waals surface area contributed by atoms with Crippen LogP contribution in [0.5, 0.6) is 5.75 Å². The largest absolute Gasteiger partial charge is 0.489 e. The quantitative estimate of drug-likeness (QED) is 0.493. The Kier molecular flexibility index (Phi) is 4.97. The SMILES string of the molecule is CC(C)(C)OC(=O)c1cc(N)c(COc2ccc(N)c(N)c2)cc1N. The molecular formula is C18H24N4O3. The fourth-order valence-electron chi connectivity index (χ4n) is 2.12. The molecule has 0 aliphatic heterocycles. The van der Waals surface area contributed by atoms with Crippen LogP contribution in [-0.4, -0.2) is 11.6 Å². The first-order chi connectivity index (χ1) is 11.6. The van der Waals surface area contributed by atoms with Crippen molar-refractivity contribution in [3.05, 3.63) is 41.5 Å². The smallest absolute Gasteiger partial charge is 0.340 e. The van der Waals surface area contributed by atoms with Gasteiger partial charge in [0.05, 0.1) is 16.9 Å². The van der Waals surface area contributed by atoms with Crippen molar-refractivity contribution in [1.29, 1.82) is 0 Å². The summed E-state index contributed by atoms with van der Waals surface area (Å²) in [5.74, 6) is 0.0383. The van der Waals surface area contributed by atoms with Crippen molar-refractivity contribution in [1.82, 2.24) is 0 Å². The van der Waals surface area contributed by atoms with Crippen LogP contribution in [0.4, 0.5) is 22.7 Å². The van der Waals surface area contributed by atoms with Crippen LogP contribution in [0.2, 0.25) is 0 Å². The molecule has 134 valence electrons. The molecule has 8 N–H and O–H groups in total. The number of nitrogen functional groups attached to an aromatic ring is 4. The summed E-state index contributed by atoms with van der Waals surface area (Å²) in [6, 6.07) is 8.10. The Morgan fingerprint density at radius 1 is 0.920 bits per heavy atom. The van der Waals surface area contributed by atoms with Crippen LogP contribution in [0, 0.1) is 0 Å². The lowest BCUT2D eigenvalue weighted by Crippen LogP contribution is -2.24. The Morgan fingerprint density at radius 3 is 2.20 bits per heavy atom. The van der Waals surface area contributed by atoms with Crippen molar-refractivity contribution in [3.8, 4) is 5.75 Å². The van der Waals surface area contributed by atoms with Crippen LogP contribution >= 0.6 is 0 Å². The highest BCUT2D eigenvalue weighted by molar-refractivity contribution is 5.96. The lowest BCUT2D eigenvalue weighted by molar-refractivity contribution is 0.00708. The highest BCUT2D eigenvalue weighted by atomic mass is 16.6. The zero-order valence-electron chi connectivity index (χ0n) is 14.6. The van der Waals surface area contributed by atoms with E-state index in [1.807, 2.05) is 0 Å². The predicted molar refractivity (Wildman–Crippen MR) is 100 cm³/mol. The Morgan fingerprint density at radius 2 is 1.60 bits per heavy atom. The van der Waals surface area contributed by atoms with E-state index in [0.717, 1.165) is 0 Å². The molecule has 0 aliphatic rings. The van der Waals surface area contributed by atoms with E-state index in [1.54, 1.807) is 45.0 Å². The Hall–Kier alpha value is -3.09. The van der Waals surface area contributed by atoms with Gasteiger partial charge in [0.1, 0.15) is 18.0 Å². The van der Waals surface area contributed by atoms with E-state index in [1.165, 1.54) is 6.07 Å². The third-order valence-electron chi connectivity index (χ3n) is 3.38. The number of hydrogen-bond donors (Lipinski definition) is 4. The van der Waals surface area contributed by atoms with Crippen molar-refractivity contribution < 1.29 is 14.3 Å². The van der Waals surface area contributed by atoms with Crippen LogP contribution in [-0.2, 0) is 11.3 Å². The molecule has 0 aliphatic carbocycles. The van der Waals surface area contributed by atoms with E-state index in [-0.39, 0.29) is 17.9 Å². The number of nitrogens with two attached hydrogens (primary N) is 4. The van der Waals surface area contributed by atoms with E-state index in [0.29, 0.717) is 28.4 Å². The van der Waals surface area contributed by atoms with Gasteiger partial charge in [-0.25, -0.2) is 4.79 Å². The van der Waals surface area contributed by atoms with Gasteiger partial charge in [-0.2, -0.15) is 0 Å². The highest BCUT2D eigenvalue weighted by Crippen LogP contribution is 2.26. The normalized spacial score (nSPS) is 11.2. The Bertz CT molecular complexity index is 798. The van der Waals surface area contributed by atoms with E-state index in [2.05, 4.69) is 0 Å². The summed E-state index contributed by atoms with van der Waals surface area (Å²) in [5.41, 5.74) is 25.3. The fraction of sp³-hybridized carbons (Fsp3) is 0.278. The standard InChI is InChI=1S/C18H24N4O3/c1-18(2,3)25-17(23)12-8-14(20)10(6-15(12)21)9-24-11-4-5-13(19)16(22)7-11/h4-8H,9,19-22H2,1-3H3. The molecule has 0 heterocycles. The summed E-state index contributed by atoms with van der Waals surface area (Å²) >= 11 is 0. The van der Waals surface area contributed by atoms with Crippen molar-refractivity contribution in [2.75, 3.05) is 22.9 Å². The molecule has 0 amide bonds. The summed E-state index contributed by atoms with van der Waals surface area (Å²) in [6.07, 6.45) is 0. The fourth-order valence-corrected chi connectivity index (χ4v) is 2.12. The first-order valence-corrected chi connectivity index (χ1v) is 7.76. The van der Waals surface area contributed by atoms with E-state index >= 15 is 0 Å². The van der Waals surface area contributed by atoms with Gasteiger partial charge in [0.2, 0.25) is 0 Å². The van der Waals surface area contributed by atoms with E-state index in [9.17, 15) is 4.79 Å². The number of esters is 1. The lowest BCUT2D eigenvalue weighted by Gasteiger charge is -2.20. The molecule has 0 radical (unpaired) electrons. The van der Waals surface area contributed by atoms with Gasteiger partial charge in [-0.05, 0) is 45.0 Å². The van der Waals surface area contributed by atoms with E-state index < -0.39 is 11.6 Å². The van der Waals surface area contributed by atoms with Gasteiger partial charge >= 0.3 is 5.97 Å². The molecule has 0 saturated heterocycles. The molecule has 0 atom stereocenters. The molecule has 2 rings (SSSR count). The number of carbonyl (C=O) groups is 1. The van der Waals surface area contributed by atoms with E-state index in [4.69, 9.17) is 32.4 Å². The molecule has 0 saturated carbocycles. The van der Waals surface area contributed by atoms with Crippen molar-refractivity contribution in [2.24, 2.45) is 0 Å². The zero-order valence-corrected chi connectivity index (χ0v) is 14.6. The number of benzene rings is 2. The second-order valence-corrected chi connectivity index (χ2v) is 6.72. The number of anilines is 4. The van der Waals surface area contributed by atoms with Crippen LogP contribution < -0.4 is 27.7 Å². The zero-order chi connectivity index (χ0) is 18.8. The molecular weight excluding hydrogens is 320 g/mol. The molecule has 25 heavy (non-hydrogen) atoms. The number of rotatable bonds is 4. The van der Waals surface area contributed by atoms with Gasteiger partial charge in [-0.1, -0.05) is 0 Å². The molecule has 0 unspecified atom stereocenters. The first-order valence-electron chi connectivity index (χ1n) is 7.76. The second kappa shape index (κ2) is 6.80. The minimum Gasteiger partial charge on any atom is -0.489 e. The minimum atomic E-state index is -0.616. The van der Waals surface area contributed by atoms with Crippen LogP contribution in [0.3, 0.4) is 0 Å². The molecule has 2 aromatic rings. The average molecular weight is 344 g/mol. The molecule has 0 bridgehead atoms. The Labute approximate surface area is 146 Å². The maximum atomic E-state index is 12.2. The van der Waals surface area contributed by atoms with Crippen molar-refractivity contribution in [3.63, 3.8) is 0 Å². The third kappa shape index (κ3) is 4.69. The summed E-state index contributed by atoms with van der Waals surface area (Å²) in [6.45, 7) is 5.52. The Balaban J connectivity index is 2.16. The van der Waals surface area contributed by atoms with Crippen molar-refractivity contribution in [2.45, 2.75) is 33.0 Å². The highest BCUT2D eigenvalue weighted by Gasteiger charge is 2.21. The summed E-state index contributed by atoms with van der Waals surface area (Å²) < 4.78 is 11.0. The van der Waals surface area contributed by atoms with Crippen LogP contribution in [0.15, 0.2) is 30.3 Å². The third-order valence-corrected chi connectivity index (χ3v) is 3.38. The van der Waals surface area contributed by atoms with Gasteiger partial charge in [0, 0.05) is 23.0 Å². The number of ether oxygens (including phenoxy) is 2. The number of hydrogen-bond acceptors (Lipinski definition) is 7. The molecule has 0 spiro atoms. The van der Waals surface area contributed by atoms with Crippen LogP contribution in [0.1, 0.15) is 36.7 Å². The average Bonchev–Trinajstić information content (AvgIpc) is 2.49. The maximum Gasteiger partial charge on any atom is 0.340 e. The predicted octanol–water partition coefficient (Wildman–Crippen LogP) is 2.55. The van der Waals surface area contributed by atoms with Gasteiger partial charge < -0.3 is 32.4 Å². The monoisotopic (exact) mass is 344 g/mol. The minimum absolute atomic E-state index is 0.175. The second-order valence-electron chi connectivity index (χ2n) is 6.72. The van der Waals surface area contributed by atoms with Crippen LogP contribution in [0.25, 0.3) is 0 Å². The molecule has 7 heteroatoms. The van der Waals surface area contributed by atoms with Gasteiger partial charge in [0.15, 0.2) is 0 Å². The maximum absolute atomic E-state index is 12.2. The summed E-state index contributed by atoms with van der Waals surface area (Å²) in [4.78, 5) is 12.2. The summed E-state index contributed by atoms with van der Waals surface area (Å²) in [5, 5.41) is 0. The lowest BCUT2D eigenvalue weighted by atomic mass is 10.1. The number of carbonyl (C=O) groups excluding carboxylic acids is 1.